The first-order chi connectivity index (χ1) is 15.5. The molecule has 1 saturated heterocycles. The molecule has 0 saturated carbocycles. The third-order valence-electron chi connectivity index (χ3n) is 6.00. The molecule has 2 aromatic heterocycles. The first kappa shape index (κ1) is 22.6. The van der Waals surface area contributed by atoms with Crippen molar-refractivity contribution in [3.8, 4) is 0 Å². The van der Waals surface area contributed by atoms with E-state index in [0.29, 0.717) is 24.4 Å². The fourth-order valence-electron chi connectivity index (χ4n) is 4.30. The van der Waals surface area contributed by atoms with Gasteiger partial charge in [-0.05, 0) is 68.9 Å². The van der Waals surface area contributed by atoms with Crippen LogP contribution in [0.2, 0.25) is 0 Å². The zero-order valence-corrected chi connectivity index (χ0v) is 19.6. The number of aromatic nitrogens is 3. The summed E-state index contributed by atoms with van der Waals surface area (Å²) in [5, 5.41) is 3.08. The lowest BCUT2D eigenvalue weighted by Crippen LogP contribution is -2.38. The number of carbonyl (C=O) groups excluding carboxylic acids is 1. The van der Waals surface area contributed by atoms with Gasteiger partial charge >= 0.3 is 0 Å². The zero-order chi connectivity index (χ0) is 22.7. The maximum Gasteiger partial charge on any atom is 0.263 e. The Bertz CT molecular complexity index is 1130. The lowest BCUT2D eigenvalue weighted by molar-refractivity contribution is 0.0915. The van der Waals surface area contributed by atoms with Crippen LogP contribution >= 0.6 is 11.8 Å². The summed E-state index contributed by atoms with van der Waals surface area (Å²) in [4.78, 5) is 34.7. The molecule has 3 aromatic rings. The average molecular weight is 455 g/mol. The number of nitrogens with zero attached hydrogens (tertiary/aromatic N) is 2. The van der Waals surface area contributed by atoms with E-state index in [0.717, 1.165) is 41.9 Å². The van der Waals surface area contributed by atoms with Crippen molar-refractivity contribution in [3.63, 3.8) is 0 Å². The van der Waals surface area contributed by atoms with Crippen molar-refractivity contribution >= 4 is 28.7 Å². The van der Waals surface area contributed by atoms with E-state index in [2.05, 4.69) is 15.3 Å². The molecule has 1 fully saturated rings. The van der Waals surface area contributed by atoms with Gasteiger partial charge in [-0.15, -0.1) is 0 Å². The number of aryl methyl sites for hydroxylation is 2. The number of pyridine rings is 1. The number of hydrogen-bond acceptors (Lipinski definition) is 5. The third-order valence-corrected chi connectivity index (χ3v) is 6.64. The van der Waals surface area contributed by atoms with Gasteiger partial charge in [0.15, 0.2) is 0 Å². The van der Waals surface area contributed by atoms with Gasteiger partial charge in [0, 0.05) is 12.3 Å². The predicted octanol–water partition coefficient (Wildman–Crippen LogP) is 3.74. The molecule has 1 amide bonds. The van der Waals surface area contributed by atoms with Crippen molar-refractivity contribution in [1.29, 1.82) is 0 Å². The van der Waals surface area contributed by atoms with Gasteiger partial charge in [-0.1, -0.05) is 12.1 Å². The van der Waals surface area contributed by atoms with Gasteiger partial charge < -0.3 is 19.6 Å². The lowest BCUT2D eigenvalue weighted by atomic mass is 10.1. The number of imidazole rings is 1. The molecule has 8 heteroatoms. The third kappa shape index (κ3) is 4.76. The molecule has 3 heterocycles. The molecule has 7 nitrogen and oxygen atoms in total. The molecule has 2 atom stereocenters. The minimum atomic E-state index is -0.361. The van der Waals surface area contributed by atoms with Gasteiger partial charge in [0.05, 0.1) is 29.7 Å². The van der Waals surface area contributed by atoms with Crippen LogP contribution in [0.5, 0.6) is 0 Å². The van der Waals surface area contributed by atoms with Crippen LogP contribution in [0.3, 0.4) is 0 Å². The molecule has 1 aromatic carbocycles. The van der Waals surface area contributed by atoms with Crippen LogP contribution in [0.1, 0.15) is 52.7 Å². The number of thioether (sulfide) groups is 1. The van der Waals surface area contributed by atoms with E-state index in [1.54, 1.807) is 16.3 Å². The Labute approximate surface area is 192 Å². The van der Waals surface area contributed by atoms with Gasteiger partial charge in [0.2, 0.25) is 0 Å². The highest BCUT2D eigenvalue weighted by Gasteiger charge is 2.25. The summed E-state index contributed by atoms with van der Waals surface area (Å²) in [7, 11) is 0. The van der Waals surface area contributed by atoms with Crippen molar-refractivity contribution in [2.75, 3.05) is 18.6 Å². The molecule has 170 valence electrons. The number of aromatic amines is 1. The molecule has 32 heavy (non-hydrogen) atoms. The predicted molar refractivity (Wildman–Crippen MR) is 128 cm³/mol. The van der Waals surface area contributed by atoms with Crippen LogP contribution < -0.4 is 10.9 Å². The van der Waals surface area contributed by atoms with Crippen LogP contribution in [0, 0.1) is 13.8 Å². The zero-order valence-electron chi connectivity index (χ0n) is 18.8. The number of rotatable bonds is 8. The second-order valence-electron chi connectivity index (χ2n) is 8.34. The van der Waals surface area contributed by atoms with Crippen molar-refractivity contribution in [2.45, 2.75) is 51.8 Å². The van der Waals surface area contributed by atoms with Crippen LogP contribution in [-0.2, 0) is 11.3 Å². The summed E-state index contributed by atoms with van der Waals surface area (Å²) >= 11 is 1.71. The standard InChI is InChI=1S/C24H30N4O3S/c1-15-13-16(2)28(14-17-7-6-11-31-17)24(30)21(15)23(29)27-20(10-12-32-3)22-25-18-8-4-5-9-19(18)26-22/h4-5,8-9,13,17,20H,6-7,10-12,14H2,1-3H3,(H,25,26)(H,27,29)/t17-,20+/m1/s1. The molecule has 0 radical (unpaired) electrons. The summed E-state index contributed by atoms with van der Waals surface area (Å²) < 4.78 is 7.39. The van der Waals surface area contributed by atoms with Gasteiger partial charge in [0.1, 0.15) is 11.4 Å². The Balaban J connectivity index is 1.63. The number of benzene rings is 1. The molecule has 1 aliphatic rings. The molecule has 0 unspecified atom stereocenters. The second kappa shape index (κ2) is 9.92. The van der Waals surface area contributed by atoms with Gasteiger partial charge in [-0.25, -0.2) is 4.98 Å². The van der Waals surface area contributed by atoms with E-state index in [-0.39, 0.29) is 29.2 Å². The monoisotopic (exact) mass is 454 g/mol. The van der Waals surface area contributed by atoms with E-state index in [4.69, 9.17) is 4.74 Å². The average Bonchev–Trinajstić information content (AvgIpc) is 3.43. The SMILES string of the molecule is CSCC[C@H](NC(=O)c1c(C)cc(C)n(C[C@H]2CCCO2)c1=O)c1nc2ccccc2[nH]1. The molecule has 0 bridgehead atoms. The highest BCUT2D eigenvalue weighted by atomic mass is 32.2. The maximum atomic E-state index is 13.3. The Kier molecular flexibility index (Phi) is 7.01. The van der Waals surface area contributed by atoms with Crippen LogP contribution in [0.4, 0.5) is 0 Å². The van der Waals surface area contributed by atoms with E-state index < -0.39 is 0 Å². The number of para-hydroxylation sites is 2. The quantitative estimate of drug-likeness (QED) is 0.541. The molecule has 4 rings (SSSR count). The number of amides is 1. The van der Waals surface area contributed by atoms with Gasteiger partial charge in [0.25, 0.3) is 11.5 Å². The van der Waals surface area contributed by atoms with Gasteiger partial charge in [-0.2, -0.15) is 11.8 Å². The Hall–Kier alpha value is -2.58. The summed E-state index contributed by atoms with van der Waals surface area (Å²) in [6.45, 7) is 4.93. The Morgan fingerprint density at radius 3 is 2.91 bits per heavy atom. The summed E-state index contributed by atoms with van der Waals surface area (Å²) in [6.07, 6.45) is 4.71. The molecule has 0 aliphatic carbocycles. The van der Waals surface area contributed by atoms with E-state index in [1.165, 1.54) is 0 Å². The second-order valence-corrected chi connectivity index (χ2v) is 9.33. The Morgan fingerprint density at radius 2 is 2.19 bits per heavy atom. The molecular weight excluding hydrogens is 424 g/mol. The maximum absolute atomic E-state index is 13.3. The Morgan fingerprint density at radius 1 is 1.38 bits per heavy atom. The number of carbonyl (C=O) groups is 1. The van der Waals surface area contributed by atoms with Crippen molar-refractivity contribution in [1.82, 2.24) is 19.9 Å². The lowest BCUT2D eigenvalue weighted by Gasteiger charge is -2.20. The number of ether oxygens (including phenoxy) is 1. The smallest absolute Gasteiger partial charge is 0.263 e. The topological polar surface area (TPSA) is 89.0 Å². The van der Waals surface area contributed by atoms with Crippen LogP contribution in [-0.4, -0.2) is 45.2 Å². The highest BCUT2D eigenvalue weighted by molar-refractivity contribution is 7.98. The van der Waals surface area contributed by atoms with Crippen molar-refractivity contribution in [3.05, 3.63) is 63.3 Å². The molecule has 2 N–H and O–H groups in total. The normalized spacial score (nSPS) is 17.0. The number of fused-ring (bicyclic) bond motifs is 1. The van der Waals surface area contributed by atoms with Crippen molar-refractivity contribution in [2.24, 2.45) is 0 Å². The van der Waals surface area contributed by atoms with Gasteiger partial charge in [-0.3, -0.25) is 9.59 Å². The first-order valence-electron chi connectivity index (χ1n) is 11.0. The van der Waals surface area contributed by atoms with E-state index in [1.807, 2.05) is 50.4 Å². The highest BCUT2D eigenvalue weighted by Crippen LogP contribution is 2.21. The summed E-state index contributed by atoms with van der Waals surface area (Å²) in [5.41, 5.74) is 3.24. The number of H-pyrrole nitrogens is 1. The van der Waals surface area contributed by atoms with Crippen LogP contribution in [0.15, 0.2) is 35.1 Å². The number of hydrogen-bond donors (Lipinski definition) is 2. The first-order valence-corrected chi connectivity index (χ1v) is 12.4. The largest absolute Gasteiger partial charge is 0.376 e. The molecule has 1 aliphatic heterocycles. The molecule has 0 spiro atoms. The van der Waals surface area contributed by atoms with Crippen molar-refractivity contribution < 1.29 is 9.53 Å². The van der Waals surface area contributed by atoms with Crippen LogP contribution in [0.25, 0.3) is 11.0 Å². The number of nitrogens with one attached hydrogen (secondary N) is 2. The summed E-state index contributed by atoms with van der Waals surface area (Å²) in [6, 6.07) is 9.39. The minimum Gasteiger partial charge on any atom is -0.376 e. The summed E-state index contributed by atoms with van der Waals surface area (Å²) in [5.74, 6) is 1.20. The fraction of sp³-hybridized carbons (Fsp3) is 0.458. The van der Waals surface area contributed by atoms with E-state index >= 15 is 0 Å². The van der Waals surface area contributed by atoms with E-state index in [9.17, 15) is 9.59 Å². The molecular formula is C24H30N4O3S. The fourth-order valence-corrected chi connectivity index (χ4v) is 4.77. The minimum absolute atomic E-state index is 0.0230.